The molecule has 1 unspecified atom stereocenters. The van der Waals surface area contributed by atoms with Gasteiger partial charge >= 0.3 is 0 Å². The molecule has 0 aliphatic carbocycles. The Bertz CT molecular complexity index is 406. The Balaban J connectivity index is 2.32. The average molecular weight is 269 g/mol. The fourth-order valence-corrected chi connectivity index (χ4v) is 2.18. The van der Waals surface area contributed by atoms with Crippen molar-refractivity contribution in [2.24, 2.45) is 5.73 Å². The first kappa shape index (κ1) is 10.6. The van der Waals surface area contributed by atoms with Crippen molar-refractivity contribution in [3.63, 3.8) is 0 Å². The highest BCUT2D eigenvalue weighted by molar-refractivity contribution is 9.10. The normalized spacial score (nSPS) is 20.3. The Morgan fingerprint density at radius 2 is 2.33 bits per heavy atom. The van der Waals surface area contributed by atoms with E-state index in [0.29, 0.717) is 6.54 Å². The van der Waals surface area contributed by atoms with E-state index in [9.17, 15) is 4.79 Å². The number of carbonyl (C=O) groups is 1. The molecule has 1 amide bonds. The van der Waals surface area contributed by atoms with Gasteiger partial charge in [0.2, 0.25) is 5.91 Å². The third kappa shape index (κ3) is 1.79. The Morgan fingerprint density at radius 3 is 2.87 bits per heavy atom. The molecule has 1 fully saturated rings. The van der Waals surface area contributed by atoms with E-state index in [0.717, 1.165) is 16.6 Å². The van der Waals surface area contributed by atoms with E-state index in [4.69, 9.17) is 5.73 Å². The highest BCUT2D eigenvalue weighted by Crippen LogP contribution is 2.28. The fourth-order valence-electron chi connectivity index (χ4n) is 1.77. The van der Waals surface area contributed by atoms with Crippen molar-refractivity contribution in [2.45, 2.75) is 19.4 Å². The van der Waals surface area contributed by atoms with E-state index in [-0.39, 0.29) is 11.9 Å². The largest absolute Gasteiger partial charge is 0.318 e. The van der Waals surface area contributed by atoms with Crippen LogP contribution in [0.15, 0.2) is 22.7 Å². The second kappa shape index (κ2) is 3.94. The molecule has 1 aliphatic heterocycles. The molecule has 0 saturated carbocycles. The van der Waals surface area contributed by atoms with Crippen LogP contribution in [0.3, 0.4) is 0 Å². The molecule has 1 aromatic rings. The van der Waals surface area contributed by atoms with E-state index in [1.54, 1.807) is 4.90 Å². The van der Waals surface area contributed by atoms with Gasteiger partial charge in [0, 0.05) is 10.2 Å². The number of anilines is 1. The predicted octanol–water partition coefficient (Wildman–Crippen LogP) is 1.69. The van der Waals surface area contributed by atoms with Crippen molar-refractivity contribution < 1.29 is 4.79 Å². The second-order valence-corrected chi connectivity index (χ2v) is 4.60. The van der Waals surface area contributed by atoms with E-state index in [1.165, 1.54) is 5.56 Å². The molecule has 1 heterocycles. The zero-order valence-electron chi connectivity index (χ0n) is 8.53. The monoisotopic (exact) mass is 268 g/mol. The van der Waals surface area contributed by atoms with Crippen molar-refractivity contribution in [3.05, 3.63) is 28.2 Å². The number of β-lactam (4-membered cyclic amide) rings is 1. The molecule has 15 heavy (non-hydrogen) atoms. The first-order chi connectivity index (χ1) is 7.13. The van der Waals surface area contributed by atoms with Crippen molar-refractivity contribution in [1.82, 2.24) is 0 Å². The van der Waals surface area contributed by atoms with Gasteiger partial charge in [-0.2, -0.15) is 0 Å². The Hall–Kier alpha value is -0.870. The molecule has 0 spiro atoms. The van der Waals surface area contributed by atoms with Crippen LogP contribution >= 0.6 is 15.9 Å². The molecular weight excluding hydrogens is 256 g/mol. The van der Waals surface area contributed by atoms with Gasteiger partial charge in [-0.05, 0) is 30.2 Å². The lowest BCUT2D eigenvalue weighted by molar-refractivity contribution is -0.123. The maximum Gasteiger partial charge on any atom is 0.245 e. The van der Waals surface area contributed by atoms with E-state index >= 15 is 0 Å². The Morgan fingerprint density at radius 1 is 1.60 bits per heavy atom. The third-order valence-electron chi connectivity index (χ3n) is 2.68. The number of nitrogens with zero attached hydrogens (tertiary/aromatic N) is 1. The van der Waals surface area contributed by atoms with Crippen LogP contribution in [0, 0.1) is 0 Å². The summed E-state index contributed by atoms with van der Waals surface area (Å²) in [6, 6.07) is 5.66. The molecule has 0 aromatic heterocycles. The first-order valence-electron chi connectivity index (χ1n) is 4.99. The minimum absolute atomic E-state index is 0.0204. The van der Waals surface area contributed by atoms with Gasteiger partial charge in [0.1, 0.15) is 6.04 Å². The summed E-state index contributed by atoms with van der Waals surface area (Å²) >= 11 is 3.42. The first-order valence-corrected chi connectivity index (χ1v) is 5.78. The lowest BCUT2D eigenvalue weighted by atomic mass is 10.0. The van der Waals surface area contributed by atoms with Gasteiger partial charge in [-0.1, -0.05) is 22.9 Å². The Kier molecular flexibility index (Phi) is 2.80. The topological polar surface area (TPSA) is 46.3 Å². The van der Waals surface area contributed by atoms with E-state index in [2.05, 4.69) is 22.9 Å². The molecule has 1 aromatic carbocycles. The van der Waals surface area contributed by atoms with Gasteiger partial charge in [-0.3, -0.25) is 4.79 Å². The van der Waals surface area contributed by atoms with Crippen LogP contribution in [0.5, 0.6) is 0 Å². The van der Waals surface area contributed by atoms with Crippen LogP contribution in [-0.2, 0) is 11.2 Å². The van der Waals surface area contributed by atoms with Gasteiger partial charge in [-0.25, -0.2) is 0 Å². The van der Waals surface area contributed by atoms with Gasteiger partial charge in [0.05, 0.1) is 6.54 Å². The average Bonchev–Trinajstić information content (AvgIpc) is 2.25. The standard InChI is InChI=1S/C11H13BrN2O/c1-2-7-5-8(12)3-4-10(7)14-6-9(13)11(14)15/h3-5,9H,2,6,13H2,1H3. The highest BCUT2D eigenvalue weighted by Gasteiger charge is 2.35. The van der Waals surface area contributed by atoms with Crippen LogP contribution in [-0.4, -0.2) is 18.5 Å². The number of rotatable bonds is 2. The molecule has 0 radical (unpaired) electrons. The zero-order chi connectivity index (χ0) is 11.0. The number of carbonyl (C=O) groups excluding carboxylic acids is 1. The minimum atomic E-state index is -0.307. The van der Waals surface area contributed by atoms with Crippen LogP contribution in [0.25, 0.3) is 0 Å². The summed E-state index contributed by atoms with van der Waals surface area (Å²) in [4.78, 5) is 13.3. The van der Waals surface area contributed by atoms with Crippen molar-refractivity contribution in [3.8, 4) is 0 Å². The summed E-state index contributed by atoms with van der Waals surface area (Å²) in [6.07, 6.45) is 0.911. The summed E-state index contributed by atoms with van der Waals surface area (Å²) in [6.45, 7) is 2.71. The highest BCUT2D eigenvalue weighted by atomic mass is 79.9. The number of hydrogen-bond donors (Lipinski definition) is 1. The van der Waals surface area contributed by atoms with Gasteiger partial charge in [0.15, 0.2) is 0 Å². The summed E-state index contributed by atoms with van der Waals surface area (Å²) in [7, 11) is 0. The molecule has 1 atom stereocenters. The smallest absolute Gasteiger partial charge is 0.245 e. The molecule has 1 saturated heterocycles. The van der Waals surface area contributed by atoms with Gasteiger partial charge in [-0.15, -0.1) is 0 Å². The number of halogens is 1. The quantitative estimate of drug-likeness (QED) is 0.830. The number of benzene rings is 1. The number of amides is 1. The second-order valence-electron chi connectivity index (χ2n) is 3.68. The zero-order valence-corrected chi connectivity index (χ0v) is 10.1. The number of hydrogen-bond acceptors (Lipinski definition) is 2. The van der Waals surface area contributed by atoms with E-state index in [1.807, 2.05) is 18.2 Å². The van der Waals surface area contributed by atoms with Crippen molar-refractivity contribution in [1.29, 1.82) is 0 Å². The van der Waals surface area contributed by atoms with Crippen LogP contribution in [0.4, 0.5) is 5.69 Å². The number of aryl methyl sites for hydroxylation is 1. The van der Waals surface area contributed by atoms with E-state index < -0.39 is 0 Å². The molecular formula is C11H13BrN2O. The molecule has 2 rings (SSSR count). The maximum absolute atomic E-state index is 11.5. The molecule has 3 nitrogen and oxygen atoms in total. The lowest BCUT2D eigenvalue weighted by Gasteiger charge is -2.37. The van der Waals surface area contributed by atoms with Crippen LogP contribution in [0.2, 0.25) is 0 Å². The predicted molar refractivity (Wildman–Crippen MR) is 63.8 cm³/mol. The SMILES string of the molecule is CCc1cc(Br)ccc1N1CC(N)C1=O. The lowest BCUT2D eigenvalue weighted by Crippen LogP contribution is -2.61. The molecule has 4 heteroatoms. The molecule has 2 N–H and O–H groups in total. The Labute approximate surface area is 97.4 Å². The summed E-state index contributed by atoms with van der Waals surface area (Å²) < 4.78 is 1.04. The van der Waals surface area contributed by atoms with Crippen LogP contribution < -0.4 is 10.6 Å². The van der Waals surface area contributed by atoms with Gasteiger partial charge in [0.25, 0.3) is 0 Å². The maximum atomic E-state index is 11.5. The summed E-state index contributed by atoms with van der Waals surface area (Å²) in [5, 5.41) is 0. The summed E-state index contributed by atoms with van der Waals surface area (Å²) in [5.74, 6) is 0.0204. The molecule has 1 aliphatic rings. The van der Waals surface area contributed by atoms with Gasteiger partial charge < -0.3 is 10.6 Å². The summed E-state index contributed by atoms with van der Waals surface area (Å²) in [5.41, 5.74) is 7.73. The fraction of sp³-hybridized carbons (Fsp3) is 0.364. The van der Waals surface area contributed by atoms with Crippen molar-refractivity contribution in [2.75, 3.05) is 11.4 Å². The third-order valence-corrected chi connectivity index (χ3v) is 3.17. The van der Waals surface area contributed by atoms with Crippen molar-refractivity contribution >= 4 is 27.5 Å². The molecule has 0 bridgehead atoms. The molecule has 80 valence electrons. The van der Waals surface area contributed by atoms with Crippen LogP contribution in [0.1, 0.15) is 12.5 Å². The number of nitrogens with two attached hydrogens (primary N) is 1. The minimum Gasteiger partial charge on any atom is -0.318 e.